The lowest BCUT2D eigenvalue weighted by Gasteiger charge is -2.25. The first-order valence-electron chi connectivity index (χ1n) is 6.86. The van der Waals surface area contributed by atoms with Gasteiger partial charge in [-0.15, -0.1) is 0 Å². The molecule has 106 valence electrons. The Bertz CT molecular complexity index is 568. The minimum Gasteiger partial charge on any atom is -0.399 e. The molecule has 0 amide bonds. The van der Waals surface area contributed by atoms with Crippen LogP contribution in [0.4, 0.5) is 5.69 Å². The SMILES string of the molecule is CC(c1cccc(Cl)c1)N(C)CCc1cccc(N)c1. The Morgan fingerprint density at radius 1 is 1.15 bits per heavy atom. The van der Waals surface area contributed by atoms with E-state index in [0.717, 1.165) is 23.7 Å². The molecule has 1 unspecified atom stereocenters. The van der Waals surface area contributed by atoms with E-state index in [1.54, 1.807) is 0 Å². The highest BCUT2D eigenvalue weighted by Gasteiger charge is 2.11. The largest absolute Gasteiger partial charge is 0.399 e. The Hall–Kier alpha value is -1.51. The molecular weight excluding hydrogens is 268 g/mol. The molecule has 0 saturated carbocycles. The molecule has 2 nitrogen and oxygen atoms in total. The third-order valence-electron chi connectivity index (χ3n) is 3.70. The summed E-state index contributed by atoms with van der Waals surface area (Å²) in [5, 5.41) is 0.790. The van der Waals surface area contributed by atoms with Gasteiger partial charge in [-0.2, -0.15) is 0 Å². The summed E-state index contributed by atoms with van der Waals surface area (Å²) in [6.07, 6.45) is 0.993. The van der Waals surface area contributed by atoms with Gasteiger partial charge in [0.1, 0.15) is 0 Å². The molecule has 0 heterocycles. The van der Waals surface area contributed by atoms with Crippen LogP contribution in [0.2, 0.25) is 5.02 Å². The van der Waals surface area contributed by atoms with Gasteiger partial charge in [-0.3, -0.25) is 4.90 Å². The zero-order valence-corrected chi connectivity index (χ0v) is 12.8. The number of likely N-dealkylation sites (N-methyl/N-ethyl adjacent to an activating group) is 1. The van der Waals surface area contributed by atoms with Gasteiger partial charge >= 0.3 is 0 Å². The van der Waals surface area contributed by atoms with Crippen molar-refractivity contribution in [1.82, 2.24) is 4.90 Å². The normalized spacial score (nSPS) is 12.6. The van der Waals surface area contributed by atoms with E-state index in [2.05, 4.69) is 31.0 Å². The fourth-order valence-corrected chi connectivity index (χ4v) is 2.47. The molecule has 0 saturated heterocycles. The summed E-state index contributed by atoms with van der Waals surface area (Å²) in [5.74, 6) is 0. The maximum absolute atomic E-state index is 6.05. The van der Waals surface area contributed by atoms with Crippen molar-refractivity contribution < 1.29 is 0 Å². The highest BCUT2D eigenvalue weighted by atomic mass is 35.5. The molecule has 0 aliphatic carbocycles. The fraction of sp³-hybridized carbons (Fsp3) is 0.294. The molecule has 2 N–H and O–H groups in total. The second-order valence-electron chi connectivity index (χ2n) is 5.21. The van der Waals surface area contributed by atoms with Crippen LogP contribution in [0.15, 0.2) is 48.5 Å². The Labute approximate surface area is 126 Å². The quantitative estimate of drug-likeness (QED) is 0.837. The van der Waals surface area contributed by atoms with E-state index in [9.17, 15) is 0 Å². The van der Waals surface area contributed by atoms with Crippen LogP contribution in [0.25, 0.3) is 0 Å². The van der Waals surface area contributed by atoms with Gasteiger partial charge in [-0.25, -0.2) is 0 Å². The number of halogens is 1. The maximum Gasteiger partial charge on any atom is 0.0409 e. The molecule has 1 atom stereocenters. The van der Waals surface area contributed by atoms with E-state index in [-0.39, 0.29) is 0 Å². The van der Waals surface area contributed by atoms with Gasteiger partial charge in [0.25, 0.3) is 0 Å². The first-order valence-corrected chi connectivity index (χ1v) is 7.24. The predicted molar refractivity (Wildman–Crippen MR) is 87.1 cm³/mol. The van der Waals surface area contributed by atoms with Crippen LogP contribution >= 0.6 is 11.6 Å². The molecule has 20 heavy (non-hydrogen) atoms. The molecule has 0 aliphatic rings. The Morgan fingerprint density at radius 3 is 2.60 bits per heavy atom. The van der Waals surface area contributed by atoms with Crippen LogP contribution in [0.5, 0.6) is 0 Å². The number of nitrogens with zero attached hydrogens (tertiary/aromatic N) is 1. The van der Waals surface area contributed by atoms with E-state index < -0.39 is 0 Å². The van der Waals surface area contributed by atoms with Crippen molar-refractivity contribution in [2.24, 2.45) is 0 Å². The third-order valence-corrected chi connectivity index (χ3v) is 3.93. The molecule has 3 heteroatoms. The summed E-state index contributed by atoms with van der Waals surface area (Å²) in [6.45, 7) is 3.18. The first kappa shape index (κ1) is 14.9. The first-order chi connectivity index (χ1) is 9.56. The smallest absolute Gasteiger partial charge is 0.0409 e. The van der Waals surface area contributed by atoms with Crippen molar-refractivity contribution in [3.8, 4) is 0 Å². The minimum atomic E-state index is 0.342. The summed E-state index contributed by atoms with van der Waals surface area (Å²) in [7, 11) is 2.14. The van der Waals surface area contributed by atoms with Crippen LogP contribution in [0, 0.1) is 0 Å². The summed E-state index contributed by atoms with van der Waals surface area (Å²) >= 11 is 6.05. The maximum atomic E-state index is 6.05. The molecule has 2 aromatic carbocycles. The molecule has 0 aliphatic heterocycles. The number of hydrogen-bond acceptors (Lipinski definition) is 2. The van der Waals surface area contributed by atoms with Crippen LogP contribution in [-0.4, -0.2) is 18.5 Å². The number of hydrogen-bond donors (Lipinski definition) is 1. The lowest BCUT2D eigenvalue weighted by molar-refractivity contribution is 0.265. The zero-order chi connectivity index (χ0) is 14.5. The van der Waals surface area contributed by atoms with E-state index in [1.807, 2.05) is 36.4 Å². The van der Waals surface area contributed by atoms with Crippen molar-refractivity contribution in [1.29, 1.82) is 0 Å². The van der Waals surface area contributed by atoms with E-state index >= 15 is 0 Å². The van der Waals surface area contributed by atoms with Gasteiger partial charge in [0.15, 0.2) is 0 Å². The van der Waals surface area contributed by atoms with E-state index in [0.29, 0.717) is 6.04 Å². The Balaban J connectivity index is 1.96. The Kier molecular flexibility index (Phi) is 5.05. The van der Waals surface area contributed by atoms with Crippen molar-refractivity contribution >= 4 is 17.3 Å². The number of nitrogens with two attached hydrogens (primary N) is 1. The highest BCUT2D eigenvalue weighted by Crippen LogP contribution is 2.22. The second kappa shape index (κ2) is 6.78. The number of benzene rings is 2. The summed E-state index contributed by atoms with van der Waals surface area (Å²) in [5.41, 5.74) is 9.15. The highest BCUT2D eigenvalue weighted by molar-refractivity contribution is 6.30. The monoisotopic (exact) mass is 288 g/mol. The van der Waals surface area contributed by atoms with Crippen LogP contribution in [0.1, 0.15) is 24.1 Å². The average Bonchev–Trinajstić information content (AvgIpc) is 2.44. The van der Waals surface area contributed by atoms with Gasteiger partial charge in [-0.05, 0) is 55.8 Å². The van der Waals surface area contributed by atoms with E-state index in [1.165, 1.54) is 11.1 Å². The summed E-state index contributed by atoms with van der Waals surface area (Å²) < 4.78 is 0. The Morgan fingerprint density at radius 2 is 1.90 bits per heavy atom. The van der Waals surface area contributed by atoms with Crippen molar-refractivity contribution in [3.05, 3.63) is 64.7 Å². The minimum absolute atomic E-state index is 0.342. The van der Waals surface area contributed by atoms with Gasteiger partial charge in [0.2, 0.25) is 0 Å². The predicted octanol–water partition coefficient (Wildman–Crippen LogP) is 4.16. The van der Waals surface area contributed by atoms with Gasteiger partial charge < -0.3 is 5.73 Å². The van der Waals surface area contributed by atoms with Gasteiger partial charge in [0.05, 0.1) is 0 Å². The summed E-state index contributed by atoms with van der Waals surface area (Å²) in [6, 6.07) is 16.5. The molecule has 0 fully saturated rings. The standard InChI is InChI=1S/C17H21ClN2/c1-13(15-6-4-7-16(18)12-15)20(2)10-9-14-5-3-8-17(19)11-14/h3-8,11-13H,9-10,19H2,1-2H3. The molecule has 0 spiro atoms. The summed E-state index contributed by atoms with van der Waals surface area (Å²) in [4.78, 5) is 2.33. The number of nitrogen functional groups attached to an aromatic ring is 1. The average molecular weight is 289 g/mol. The molecule has 0 bridgehead atoms. The number of anilines is 1. The molecule has 2 rings (SSSR count). The second-order valence-corrected chi connectivity index (χ2v) is 5.64. The van der Waals surface area contributed by atoms with Crippen LogP contribution in [-0.2, 0) is 6.42 Å². The van der Waals surface area contributed by atoms with E-state index in [4.69, 9.17) is 17.3 Å². The van der Waals surface area contributed by atoms with Gasteiger partial charge in [0, 0.05) is 23.3 Å². The van der Waals surface area contributed by atoms with Gasteiger partial charge in [-0.1, -0.05) is 35.9 Å². The molecule has 2 aromatic rings. The van der Waals surface area contributed by atoms with Crippen molar-refractivity contribution in [2.45, 2.75) is 19.4 Å². The lowest BCUT2D eigenvalue weighted by atomic mass is 10.1. The molecule has 0 radical (unpaired) electrons. The fourth-order valence-electron chi connectivity index (χ4n) is 2.27. The zero-order valence-electron chi connectivity index (χ0n) is 12.0. The van der Waals surface area contributed by atoms with Crippen LogP contribution < -0.4 is 5.73 Å². The molecule has 0 aromatic heterocycles. The lowest BCUT2D eigenvalue weighted by Crippen LogP contribution is -2.24. The third kappa shape index (κ3) is 3.99. The number of rotatable bonds is 5. The van der Waals surface area contributed by atoms with Crippen molar-refractivity contribution in [3.63, 3.8) is 0 Å². The molecular formula is C17H21ClN2. The topological polar surface area (TPSA) is 29.3 Å². The van der Waals surface area contributed by atoms with Crippen molar-refractivity contribution in [2.75, 3.05) is 19.3 Å². The van der Waals surface area contributed by atoms with Crippen LogP contribution in [0.3, 0.4) is 0 Å².